The van der Waals surface area contributed by atoms with Gasteiger partial charge in [-0.15, -0.1) is 4.91 Å². The molecule has 0 saturated carbocycles. The predicted molar refractivity (Wildman–Crippen MR) is 106 cm³/mol. The van der Waals surface area contributed by atoms with E-state index in [-0.39, 0.29) is 11.5 Å². The van der Waals surface area contributed by atoms with Crippen LogP contribution in [-0.2, 0) is 11.2 Å². The SMILES string of the molecule is CNc1c(N)c(N=O)nc(C)c1Cc1ccc(Br)c(N2CCOCC2)n1. The Kier molecular flexibility index (Phi) is 5.67. The molecule has 1 fully saturated rings. The van der Waals surface area contributed by atoms with Gasteiger partial charge in [0.2, 0.25) is 5.82 Å². The zero-order chi connectivity index (χ0) is 18.7. The molecule has 0 amide bonds. The third-order valence-corrected chi connectivity index (χ3v) is 5.03. The number of rotatable bonds is 5. The first-order valence-corrected chi connectivity index (χ1v) is 9.12. The zero-order valence-corrected chi connectivity index (χ0v) is 16.3. The number of halogens is 1. The molecule has 2 aromatic heterocycles. The summed E-state index contributed by atoms with van der Waals surface area (Å²) in [7, 11) is 1.76. The van der Waals surface area contributed by atoms with Crippen molar-refractivity contribution in [2.75, 3.05) is 49.3 Å². The molecule has 138 valence electrons. The number of hydrogen-bond donors (Lipinski definition) is 2. The fourth-order valence-corrected chi connectivity index (χ4v) is 3.53. The van der Waals surface area contributed by atoms with Crippen LogP contribution in [0.15, 0.2) is 21.8 Å². The van der Waals surface area contributed by atoms with Crippen LogP contribution in [-0.4, -0.2) is 43.3 Å². The molecule has 0 atom stereocenters. The monoisotopic (exact) mass is 420 g/mol. The number of nitrogens with zero attached hydrogens (tertiary/aromatic N) is 4. The number of nitrogens with one attached hydrogen (secondary N) is 1. The molecule has 1 saturated heterocycles. The van der Waals surface area contributed by atoms with E-state index in [4.69, 9.17) is 15.5 Å². The Bertz CT molecular complexity index is 823. The maximum absolute atomic E-state index is 10.9. The number of ether oxygens (including phenoxy) is 1. The Labute approximate surface area is 160 Å². The molecule has 3 rings (SSSR count). The van der Waals surface area contributed by atoms with Gasteiger partial charge in [0.1, 0.15) is 11.5 Å². The molecule has 0 spiro atoms. The maximum atomic E-state index is 10.9. The number of aromatic nitrogens is 2. The van der Waals surface area contributed by atoms with E-state index in [0.717, 1.165) is 34.6 Å². The van der Waals surface area contributed by atoms with Crippen LogP contribution in [0.3, 0.4) is 0 Å². The Morgan fingerprint density at radius 1 is 1.35 bits per heavy atom. The van der Waals surface area contributed by atoms with Gasteiger partial charge in [0.25, 0.3) is 0 Å². The van der Waals surface area contributed by atoms with Gasteiger partial charge in [0.05, 0.1) is 23.4 Å². The number of morpholine rings is 1. The molecule has 0 unspecified atom stereocenters. The average Bonchev–Trinajstić information content (AvgIpc) is 2.66. The lowest BCUT2D eigenvalue weighted by Gasteiger charge is -2.29. The molecule has 1 aliphatic rings. The van der Waals surface area contributed by atoms with Gasteiger partial charge >= 0.3 is 0 Å². The van der Waals surface area contributed by atoms with E-state index < -0.39 is 0 Å². The van der Waals surface area contributed by atoms with Crippen molar-refractivity contribution in [2.45, 2.75) is 13.3 Å². The summed E-state index contributed by atoms with van der Waals surface area (Å²) in [6.45, 7) is 4.85. The van der Waals surface area contributed by atoms with Gasteiger partial charge in [-0.25, -0.2) is 9.97 Å². The summed E-state index contributed by atoms with van der Waals surface area (Å²) in [6.07, 6.45) is 0.545. The minimum atomic E-state index is 0.00775. The largest absolute Gasteiger partial charge is 0.394 e. The molecule has 26 heavy (non-hydrogen) atoms. The van der Waals surface area contributed by atoms with Gasteiger partial charge < -0.3 is 20.7 Å². The van der Waals surface area contributed by atoms with E-state index in [9.17, 15) is 4.91 Å². The topological polar surface area (TPSA) is 106 Å². The molecule has 0 bridgehead atoms. The van der Waals surface area contributed by atoms with Crippen molar-refractivity contribution in [2.24, 2.45) is 5.18 Å². The first-order valence-electron chi connectivity index (χ1n) is 8.33. The van der Waals surface area contributed by atoms with E-state index >= 15 is 0 Å². The van der Waals surface area contributed by atoms with Crippen molar-refractivity contribution in [3.63, 3.8) is 0 Å². The predicted octanol–water partition coefficient (Wildman–Crippen LogP) is 3.00. The van der Waals surface area contributed by atoms with Gasteiger partial charge in [-0.05, 0) is 40.2 Å². The molecule has 8 nitrogen and oxygen atoms in total. The summed E-state index contributed by atoms with van der Waals surface area (Å²) in [4.78, 5) is 22.2. The summed E-state index contributed by atoms with van der Waals surface area (Å²) in [5, 5.41) is 5.97. The van der Waals surface area contributed by atoms with Gasteiger partial charge in [0.15, 0.2) is 0 Å². The quantitative estimate of drug-likeness (QED) is 0.715. The molecule has 2 aromatic rings. The minimum absolute atomic E-state index is 0.00775. The first-order chi connectivity index (χ1) is 12.5. The Hall–Kier alpha value is -2.26. The molecule has 0 aromatic carbocycles. The summed E-state index contributed by atoms with van der Waals surface area (Å²) in [5.74, 6) is 0.912. The third kappa shape index (κ3) is 3.63. The lowest BCUT2D eigenvalue weighted by Crippen LogP contribution is -2.37. The van der Waals surface area contributed by atoms with E-state index in [1.165, 1.54) is 0 Å². The number of pyridine rings is 2. The van der Waals surface area contributed by atoms with Gasteiger partial charge in [0, 0.05) is 43.5 Å². The Morgan fingerprint density at radius 3 is 2.73 bits per heavy atom. The highest BCUT2D eigenvalue weighted by molar-refractivity contribution is 9.10. The second-order valence-corrected chi connectivity index (χ2v) is 6.87. The second-order valence-electron chi connectivity index (χ2n) is 6.01. The minimum Gasteiger partial charge on any atom is -0.394 e. The molecule has 0 radical (unpaired) electrons. The first kappa shape index (κ1) is 18.5. The summed E-state index contributed by atoms with van der Waals surface area (Å²) < 4.78 is 6.37. The van der Waals surface area contributed by atoms with Gasteiger partial charge in [-0.1, -0.05) is 0 Å². The third-order valence-electron chi connectivity index (χ3n) is 4.41. The molecule has 9 heteroatoms. The van der Waals surface area contributed by atoms with Crippen molar-refractivity contribution in [1.82, 2.24) is 9.97 Å². The highest BCUT2D eigenvalue weighted by Gasteiger charge is 2.19. The van der Waals surface area contributed by atoms with Crippen molar-refractivity contribution in [3.8, 4) is 0 Å². The van der Waals surface area contributed by atoms with Crippen molar-refractivity contribution in [3.05, 3.63) is 38.5 Å². The average molecular weight is 421 g/mol. The summed E-state index contributed by atoms with van der Waals surface area (Å²) in [5.41, 5.74) is 9.46. The summed E-state index contributed by atoms with van der Waals surface area (Å²) >= 11 is 3.59. The number of nitrogen functional groups attached to an aromatic ring is 1. The molecular weight excluding hydrogens is 400 g/mol. The van der Waals surface area contributed by atoms with Crippen LogP contribution >= 0.6 is 15.9 Å². The molecule has 1 aliphatic heterocycles. The van der Waals surface area contributed by atoms with Crippen LogP contribution in [0.1, 0.15) is 17.0 Å². The lowest BCUT2D eigenvalue weighted by molar-refractivity contribution is 0.122. The Morgan fingerprint density at radius 2 is 2.08 bits per heavy atom. The smallest absolute Gasteiger partial charge is 0.222 e. The number of nitrogens with two attached hydrogens (primary N) is 1. The fourth-order valence-electron chi connectivity index (χ4n) is 3.06. The highest BCUT2D eigenvalue weighted by Crippen LogP contribution is 2.34. The lowest BCUT2D eigenvalue weighted by atomic mass is 10.0. The van der Waals surface area contributed by atoms with Crippen molar-refractivity contribution in [1.29, 1.82) is 0 Å². The van der Waals surface area contributed by atoms with E-state index in [0.29, 0.717) is 31.0 Å². The van der Waals surface area contributed by atoms with Gasteiger partial charge in [-0.2, -0.15) is 0 Å². The maximum Gasteiger partial charge on any atom is 0.222 e. The van der Waals surface area contributed by atoms with E-state index in [1.54, 1.807) is 7.05 Å². The van der Waals surface area contributed by atoms with Crippen LogP contribution in [0, 0.1) is 11.8 Å². The van der Waals surface area contributed by atoms with Crippen LogP contribution in [0.2, 0.25) is 0 Å². The summed E-state index contributed by atoms with van der Waals surface area (Å²) in [6, 6.07) is 3.97. The number of hydrogen-bond acceptors (Lipinski definition) is 8. The normalized spacial score (nSPS) is 14.3. The molecule has 3 heterocycles. The number of aryl methyl sites for hydroxylation is 1. The van der Waals surface area contributed by atoms with Crippen LogP contribution in [0.25, 0.3) is 0 Å². The molecule has 3 N–H and O–H groups in total. The van der Waals surface area contributed by atoms with Crippen molar-refractivity contribution < 1.29 is 4.74 Å². The van der Waals surface area contributed by atoms with Crippen molar-refractivity contribution >= 4 is 38.9 Å². The van der Waals surface area contributed by atoms with Crippen LogP contribution in [0.5, 0.6) is 0 Å². The van der Waals surface area contributed by atoms with Crippen LogP contribution in [0.4, 0.5) is 23.0 Å². The molecule has 0 aliphatic carbocycles. The second kappa shape index (κ2) is 7.96. The Balaban J connectivity index is 1.96. The standard InChI is InChI=1S/C17H21BrN6O2/c1-10-12(15(20-2)14(19)16(21-10)23-25)9-11-3-4-13(18)17(22-11)24-5-7-26-8-6-24/h3-4H,5-9,19H2,1-2H3,(H,20,21). The van der Waals surface area contributed by atoms with E-state index in [1.807, 2.05) is 19.1 Å². The van der Waals surface area contributed by atoms with Gasteiger partial charge in [-0.3, -0.25) is 0 Å². The highest BCUT2D eigenvalue weighted by atomic mass is 79.9. The number of nitroso groups, excluding NO2 is 1. The van der Waals surface area contributed by atoms with E-state index in [2.05, 4.69) is 36.3 Å². The zero-order valence-electron chi connectivity index (χ0n) is 14.8. The number of anilines is 3. The molecular formula is C17H21BrN6O2. The fraction of sp³-hybridized carbons (Fsp3) is 0.412. The van der Waals surface area contributed by atoms with Crippen LogP contribution < -0.4 is 16.0 Å².